The third kappa shape index (κ3) is 8.18. The van der Waals surface area contributed by atoms with Crippen molar-refractivity contribution in [3.63, 3.8) is 0 Å². The number of benzene rings is 2. The Morgan fingerprint density at radius 3 is 2.46 bits per heavy atom. The Balaban J connectivity index is 1.38. The summed E-state index contributed by atoms with van der Waals surface area (Å²) in [5.74, 6) is 0.240. The second-order valence-corrected chi connectivity index (χ2v) is 14.8. The summed E-state index contributed by atoms with van der Waals surface area (Å²) in [5, 5.41) is 11.6. The summed E-state index contributed by atoms with van der Waals surface area (Å²) in [5.41, 5.74) is 4.00. The first-order valence-electron chi connectivity index (χ1n) is 16.4. The maximum atomic E-state index is 13.0. The number of amides is 1. The molecule has 1 aliphatic rings. The summed E-state index contributed by atoms with van der Waals surface area (Å²) in [6, 6.07) is 10.9. The quantitative estimate of drug-likeness (QED) is 0.121. The van der Waals surface area contributed by atoms with Gasteiger partial charge in [0, 0.05) is 79.3 Å². The molecule has 2 N–H and O–H groups in total. The Bertz CT molecular complexity index is 2270. The number of likely N-dealkylation sites (N-methyl/N-ethyl adjacent to an activating group) is 2. The smallest absolute Gasteiger partial charge is 0.306 e. The first kappa shape index (κ1) is 37.1. The molecular formula is C35H39Cl2N9O5S. The number of piperazine rings is 1. The number of hydrogen-bond donors (Lipinski definition) is 2. The van der Waals surface area contributed by atoms with E-state index in [1.807, 2.05) is 49.3 Å². The fourth-order valence-electron chi connectivity index (χ4n) is 5.97. The van der Waals surface area contributed by atoms with Gasteiger partial charge in [0.05, 0.1) is 40.3 Å². The van der Waals surface area contributed by atoms with Crippen molar-refractivity contribution in [3.8, 4) is 22.6 Å². The third-order valence-corrected chi connectivity index (χ3v) is 9.77. The molecule has 0 atom stereocenters. The predicted octanol–water partition coefficient (Wildman–Crippen LogP) is 5.54. The number of anilines is 4. The second kappa shape index (κ2) is 15.5. The SMILES string of the molecule is CCN1CCN(c2ccc(Nc3cc4c(cn3)cc(-c3c(Cl)c(OC)cc(OS(C)(=O)=O)c3Cl)c3ncnn34)c(NC(=O)/C=C/CN(C)C)c2)CC1. The van der Waals surface area contributed by atoms with Crippen molar-refractivity contribution in [1.29, 1.82) is 0 Å². The average molecular weight is 769 g/mol. The molecule has 0 unspecified atom stereocenters. The van der Waals surface area contributed by atoms with Gasteiger partial charge in [-0.15, -0.1) is 0 Å². The topological polar surface area (TPSA) is 147 Å². The number of aromatic nitrogens is 4. The highest BCUT2D eigenvalue weighted by Gasteiger charge is 2.25. The van der Waals surface area contributed by atoms with Gasteiger partial charge in [0.1, 0.15) is 17.9 Å². The van der Waals surface area contributed by atoms with E-state index in [9.17, 15) is 13.2 Å². The number of carbonyl (C=O) groups is 1. The van der Waals surface area contributed by atoms with Crippen LogP contribution >= 0.6 is 23.2 Å². The number of methoxy groups -OCH3 is 1. The van der Waals surface area contributed by atoms with Crippen LogP contribution in [0.4, 0.5) is 22.9 Å². The van der Waals surface area contributed by atoms with Crippen LogP contribution in [0.15, 0.2) is 61.1 Å². The number of hydrogen-bond acceptors (Lipinski definition) is 12. The van der Waals surface area contributed by atoms with E-state index in [0.29, 0.717) is 45.9 Å². The normalized spacial score (nSPS) is 14.1. The van der Waals surface area contributed by atoms with Gasteiger partial charge in [-0.1, -0.05) is 36.2 Å². The molecule has 274 valence electrons. The number of nitrogens with one attached hydrogen (secondary N) is 2. The largest absolute Gasteiger partial charge is 0.495 e. The van der Waals surface area contributed by atoms with E-state index >= 15 is 0 Å². The average Bonchev–Trinajstić information content (AvgIpc) is 3.61. The molecule has 1 saturated heterocycles. The van der Waals surface area contributed by atoms with Crippen molar-refractivity contribution < 1.29 is 22.1 Å². The fraction of sp³-hybridized carbons (Fsp3) is 0.314. The Morgan fingerprint density at radius 2 is 1.77 bits per heavy atom. The van der Waals surface area contributed by atoms with Gasteiger partial charge < -0.3 is 34.3 Å². The third-order valence-electron chi connectivity index (χ3n) is 8.54. The van der Waals surface area contributed by atoms with Crippen LogP contribution in [0.25, 0.3) is 27.7 Å². The molecule has 0 spiro atoms. The molecule has 4 heterocycles. The van der Waals surface area contributed by atoms with E-state index in [0.717, 1.165) is 44.7 Å². The highest BCUT2D eigenvalue weighted by molar-refractivity contribution is 7.86. The maximum Gasteiger partial charge on any atom is 0.306 e. The second-order valence-electron chi connectivity index (χ2n) is 12.5. The number of rotatable bonds is 12. The van der Waals surface area contributed by atoms with Gasteiger partial charge in [0.25, 0.3) is 0 Å². The zero-order valence-electron chi connectivity index (χ0n) is 29.4. The van der Waals surface area contributed by atoms with E-state index in [2.05, 4.69) is 42.4 Å². The molecule has 1 fully saturated rings. The van der Waals surface area contributed by atoms with Gasteiger partial charge in [-0.2, -0.15) is 13.5 Å². The minimum atomic E-state index is -3.93. The number of fused-ring (bicyclic) bond motifs is 3. The summed E-state index contributed by atoms with van der Waals surface area (Å²) in [7, 11) is 1.34. The molecule has 0 bridgehead atoms. The van der Waals surface area contributed by atoms with Crippen LogP contribution in [-0.4, -0.2) is 110 Å². The van der Waals surface area contributed by atoms with Crippen LogP contribution in [0.5, 0.6) is 11.5 Å². The van der Waals surface area contributed by atoms with E-state index in [1.165, 1.54) is 25.6 Å². The summed E-state index contributed by atoms with van der Waals surface area (Å²) in [4.78, 5) is 28.9. The van der Waals surface area contributed by atoms with Crippen LogP contribution in [-0.2, 0) is 14.9 Å². The minimum Gasteiger partial charge on any atom is -0.495 e. The molecule has 52 heavy (non-hydrogen) atoms. The fourth-order valence-corrected chi connectivity index (χ4v) is 7.14. The number of ether oxygens (including phenoxy) is 1. The van der Waals surface area contributed by atoms with Crippen molar-refractivity contribution in [1.82, 2.24) is 29.4 Å². The monoisotopic (exact) mass is 767 g/mol. The Morgan fingerprint density at radius 1 is 1.02 bits per heavy atom. The van der Waals surface area contributed by atoms with Gasteiger partial charge in [0.15, 0.2) is 11.4 Å². The molecule has 1 amide bonds. The summed E-state index contributed by atoms with van der Waals surface area (Å²) < 4.78 is 36.2. The standard InChI is InChI=1S/C35H39Cl2N9O5S/c1-6-44-12-14-45(15-13-44)23-9-10-25(26(17-23)42-31(47)8-7-11-43(2)3)41-30-18-27-22(20-38-30)16-24(35-39-21-40-46(27)35)32-33(36)28(50-4)19-29(34(32)37)51-52(5,48)49/h7-10,16-21H,6,11-15H2,1-5H3,(H,38,41)(H,42,47)/b8-7+. The lowest BCUT2D eigenvalue weighted by molar-refractivity contribution is -0.111. The zero-order chi connectivity index (χ0) is 37.2. The predicted molar refractivity (Wildman–Crippen MR) is 206 cm³/mol. The molecule has 1 aliphatic heterocycles. The van der Waals surface area contributed by atoms with Crippen LogP contribution in [0.1, 0.15) is 6.92 Å². The lowest BCUT2D eigenvalue weighted by Gasteiger charge is -2.35. The van der Waals surface area contributed by atoms with Gasteiger partial charge in [-0.3, -0.25) is 4.79 Å². The number of carbonyl (C=O) groups excluding carboxylic acids is 1. The summed E-state index contributed by atoms with van der Waals surface area (Å²) in [6.45, 7) is 7.52. The van der Waals surface area contributed by atoms with Gasteiger partial charge in [-0.05, 0) is 44.9 Å². The van der Waals surface area contributed by atoms with E-state index < -0.39 is 10.1 Å². The van der Waals surface area contributed by atoms with Crippen molar-refractivity contribution in [2.75, 3.05) is 82.3 Å². The lowest BCUT2D eigenvalue weighted by atomic mass is 10.0. The molecule has 2 aromatic carbocycles. The Labute approximate surface area is 312 Å². The number of nitrogens with zero attached hydrogens (tertiary/aromatic N) is 7. The number of pyridine rings is 2. The van der Waals surface area contributed by atoms with Crippen molar-refractivity contribution in [3.05, 3.63) is 71.1 Å². The van der Waals surface area contributed by atoms with Crippen LogP contribution < -0.4 is 24.5 Å². The van der Waals surface area contributed by atoms with Crippen molar-refractivity contribution in [2.24, 2.45) is 0 Å². The Kier molecular flexibility index (Phi) is 11.1. The highest BCUT2D eigenvalue weighted by Crippen LogP contribution is 2.48. The summed E-state index contributed by atoms with van der Waals surface area (Å²) >= 11 is 13.5. The van der Waals surface area contributed by atoms with E-state index in [1.54, 1.807) is 16.8 Å². The molecule has 0 radical (unpaired) electrons. The molecule has 0 saturated carbocycles. The van der Waals surface area contributed by atoms with Gasteiger partial charge >= 0.3 is 10.1 Å². The lowest BCUT2D eigenvalue weighted by Crippen LogP contribution is -2.46. The maximum absolute atomic E-state index is 13.0. The first-order chi connectivity index (χ1) is 24.8. The van der Waals surface area contributed by atoms with E-state index in [-0.39, 0.29) is 33.0 Å². The zero-order valence-corrected chi connectivity index (χ0v) is 31.7. The molecule has 0 aliphatic carbocycles. The van der Waals surface area contributed by atoms with Crippen LogP contribution in [0, 0.1) is 0 Å². The van der Waals surface area contributed by atoms with Gasteiger partial charge in [-0.25, -0.2) is 14.5 Å². The highest BCUT2D eigenvalue weighted by atomic mass is 35.5. The Hall–Kier alpha value is -4.67. The number of halogens is 2. The van der Waals surface area contributed by atoms with Crippen LogP contribution in [0.2, 0.25) is 10.0 Å². The van der Waals surface area contributed by atoms with Crippen molar-refractivity contribution >= 4 is 78.7 Å². The molecule has 17 heteroatoms. The molecular weight excluding hydrogens is 729 g/mol. The molecule has 5 aromatic rings. The molecule has 14 nitrogen and oxygen atoms in total. The van der Waals surface area contributed by atoms with Crippen LogP contribution in [0.3, 0.4) is 0 Å². The first-order valence-corrected chi connectivity index (χ1v) is 19.0. The van der Waals surface area contributed by atoms with Gasteiger partial charge in [0.2, 0.25) is 5.91 Å². The summed E-state index contributed by atoms with van der Waals surface area (Å²) in [6.07, 6.45) is 7.29. The molecule has 6 rings (SSSR count). The molecule has 3 aromatic heterocycles. The minimum absolute atomic E-state index is 0.0476. The van der Waals surface area contributed by atoms with E-state index in [4.69, 9.17) is 32.1 Å². The van der Waals surface area contributed by atoms with Crippen molar-refractivity contribution in [2.45, 2.75) is 6.92 Å².